The first kappa shape index (κ1) is 23.5. The topological polar surface area (TPSA) is 108 Å². The van der Waals surface area contributed by atoms with E-state index in [2.05, 4.69) is 15.0 Å². The average Bonchev–Trinajstić information content (AvgIpc) is 3.54. The van der Waals surface area contributed by atoms with Crippen molar-refractivity contribution in [3.63, 3.8) is 0 Å². The number of rotatable bonds is 5. The zero-order valence-electron chi connectivity index (χ0n) is 19.2. The number of benzene rings is 1. The van der Waals surface area contributed by atoms with Crippen LogP contribution in [0.2, 0.25) is 0 Å². The Kier molecular flexibility index (Phi) is 5.61. The maximum Gasteiger partial charge on any atom is 0.330 e. The molecule has 1 aromatic carbocycles. The van der Waals surface area contributed by atoms with Crippen molar-refractivity contribution in [2.75, 3.05) is 20.2 Å². The Balaban J connectivity index is 0.00000241. The molecular formula is C25H31ClN2O6. The average molecular weight is 491 g/mol. The van der Waals surface area contributed by atoms with Crippen molar-refractivity contribution in [2.45, 2.75) is 67.7 Å². The number of carbonyl (C=O) groups excluding carboxylic acids is 2. The van der Waals surface area contributed by atoms with Gasteiger partial charge in [0.1, 0.15) is 6.10 Å². The Morgan fingerprint density at radius 2 is 2.06 bits per heavy atom. The minimum atomic E-state index is -0.986. The van der Waals surface area contributed by atoms with Crippen LogP contribution >= 0.6 is 12.4 Å². The normalized spacial score (nSPS) is 35.2. The van der Waals surface area contributed by atoms with E-state index < -0.39 is 29.0 Å². The molecule has 34 heavy (non-hydrogen) atoms. The van der Waals surface area contributed by atoms with Crippen LogP contribution in [0, 0.1) is 5.92 Å². The number of phenols is 1. The lowest BCUT2D eigenvalue weighted by Crippen LogP contribution is -2.78. The number of methoxy groups -OCH3 is 1. The van der Waals surface area contributed by atoms with Gasteiger partial charge in [-0.15, -0.1) is 12.4 Å². The SMILES string of the molecule is COC(=O)C=CC(=O)NC1CCC2(O)C3Cc4ccc(O)c5c4C2(CCN3CC2CC2)C1O5.Cl. The highest BCUT2D eigenvalue weighted by atomic mass is 35.5. The molecule has 0 radical (unpaired) electrons. The number of halogens is 1. The van der Waals surface area contributed by atoms with Crippen molar-refractivity contribution >= 4 is 24.3 Å². The number of hydrogen-bond donors (Lipinski definition) is 3. The van der Waals surface area contributed by atoms with Gasteiger partial charge < -0.3 is 25.0 Å². The van der Waals surface area contributed by atoms with Gasteiger partial charge in [0, 0.05) is 30.3 Å². The first-order valence-corrected chi connectivity index (χ1v) is 11.9. The largest absolute Gasteiger partial charge is 0.504 e. The molecule has 3 N–H and O–H groups in total. The fourth-order valence-electron chi connectivity index (χ4n) is 7.07. The van der Waals surface area contributed by atoms with Gasteiger partial charge in [-0.2, -0.15) is 0 Å². The van der Waals surface area contributed by atoms with E-state index in [4.69, 9.17) is 4.74 Å². The monoisotopic (exact) mass is 490 g/mol. The van der Waals surface area contributed by atoms with Gasteiger partial charge in [0.05, 0.1) is 24.2 Å². The number of phenolic OH excluding ortho intramolecular Hbond substituents is 1. The summed E-state index contributed by atoms with van der Waals surface area (Å²) in [5.74, 6) is 0.256. The standard InChI is InChI=1S/C25H30N2O6.ClH/c1-32-20(30)7-6-19(29)26-16-8-9-25(31)18-12-15-4-5-17(28)22-21(15)24(25,23(16)33-22)10-11-27(18)13-14-2-3-14;/h4-7,14,16,18,23,28,31H,2-3,8-13H2,1H3,(H,26,29);1H. The van der Waals surface area contributed by atoms with Crippen molar-refractivity contribution in [2.24, 2.45) is 5.92 Å². The number of nitrogens with zero attached hydrogens (tertiary/aromatic N) is 1. The number of hydrogen-bond acceptors (Lipinski definition) is 7. The number of aliphatic hydroxyl groups is 1. The van der Waals surface area contributed by atoms with Crippen LogP contribution in [0.15, 0.2) is 24.3 Å². The molecule has 2 heterocycles. The second-order valence-electron chi connectivity index (χ2n) is 10.3. The molecule has 5 atom stereocenters. The predicted octanol–water partition coefficient (Wildman–Crippen LogP) is 1.59. The lowest BCUT2D eigenvalue weighted by atomic mass is 9.48. The molecule has 2 aliphatic heterocycles. The molecule has 2 bridgehead atoms. The molecule has 184 valence electrons. The molecule has 1 amide bonds. The van der Waals surface area contributed by atoms with E-state index in [1.807, 2.05) is 6.07 Å². The first-order valence-electron chi connectivity index (χ1n) is 11.9. The quantitative estimate of drug-likeness (QED) is 0.425. The smallest absolute Gasteiger partial charge is 0.330 e. The Labute approximate surface area is 204 Å². The number of carbonyl (C=O) groups is 2. The van der Waals surface area contributed by atoms with Gasteiger partial charge in [-0.05, 0) is 62.6 Å². The Bertz CT molecular complexity index is 1060. The third-order valence-electron chi connectivity index (χ3n) is 8.66. The van der Waals surface area contributed by atoms with Crippen LogP contribution in [0.3, 0.4) is 0 Å². The summed E-state index contributed by atoms with van der Waals surface area (Å²) in [6, 6.07) is 3.29. The van der Waals surface area contributed by atoms with E-state index in [1.54, 1.807) is 6.07 Å². The van der Waals surface area contributed by atoms with Crippen LogP contribution in [-0.2, 0) is 26.2 Å². The highest BCUT2D eigenvalue weighted by molar-refractivity contribution is 5.94. The molecule has 1 aromatic rings. The van der Waals surface area contributed by atoms with Gasteiger partial charge in [-0.25, -0.2) is 4.79 Å². The van der Waals surface area contributed by atoms with E-state index in [0.29, 0.717) is 25.0 Å². The van der Waals surface area contributed by atoms with Crippen LogP contribution in [0.5, 0.6) is 11.5 Å². The molecule has 3 fully saturated rings. The van der Waals surface area contributed by atoms with E-state index in [9.17, 15) is 19.8 Å². The molecule has 5 aliphatic rings. The molecule has 0 aromatic heterocycles. The number of piperidine rings is 1. The van der Waals surface area contributed by atoms with Crippen molar-refractivity contribution in [3.8, 4) is 11.5 Å². The molecule has 5 unspecified atom stereocenters. The molecule has 2 saturated carbocycles. The van der Waals surface area contributed by atoms with Crippen LogP contribution in [0.1, 0.15) is 43.2 Å². The molecule has 1 saturated heterocycles. The van der Waals surface area contributed by atoms with Gasteiger partial charge in [0.25, 0.3) is 0 Å². The van der Waals surface area contributed by atoms with Gasteiger partial charge in [-0.1, -0.05) is 6.07 Å². The highest BCUT2D eigenvalue weighted by Gasteiger charge is 2.73. The van der Waals surface area contributed by atoms with Crippen molar-refractivity contribution in [3.05, 3.63) is 35.4 Å². The molecule has 9 heteroatoms. The zero-order chi connectivity index (χ0) is 23.0. The molecule has 6 rings (SSSR count). The van der Waals surface area contributed by atoms with Crippen LogP contribution in [0.25, 0.3) is 0 Å². The number of nitrogens with one attached hydrogen (secondary N) is 1. The number of amides is 1. The summed E-state index contributed by atoms with van der Waals surface area (Å²) in [7, 11) is 1.26. The van der Waals surface area contributed by atoms with Crippen molar-refractivity contribution in [1.29, 1.82) is 0 Å². The van der Waals surface area contributed by atoms with Crippen molar-refractivity contribution in [1.82, 2.24) is 10.2 Å². The second-order valence-corrected chi connectivity index (χ2v) is 10.3. The Morgan fingerprint density at radius 1 is 1.26 bits per heavy atom. The van der Waals surface area contributed by atoms with Gasteiger partial charge in [0.2, 0.25) is 5.91 Å². The fraction of sp³-hybridized carbons (Fsp3) is 0.600. The summed E-state index contributed by atoms with van der Waals surface area (Å²) in [6.07, 6.45) is 6.84. The van der Waals surface area contributed by atoms with Crippen LogP contribution < -0.4 is 10.1 Å². The van der Waals surface area contributed by atoms with Gasteiger partial charge in [0.15, 0.2) is 11.5 Å². The summed E-state index contributed by atoms with van der Waals surface area (Å²) in [6.45, 7) is 1.88. The predicted molar refractivity (Wildman–Crippen MR) is 125 cm³/mol. The number of aromatic hydroxyl groups is 1. The van der Waals surface area contributed by atoms with E-state index in [1.165, 1.54) is 20.0 Å². The Hall–Kier alpha value is -2.29. The van der Waals surface area contributed by atoms with Crippen molar-refractivity contribution < 1.29 is 29.3 Å². The highest BCUT2D eigenvalue weighted by Crippen LogP contribution is 2.65. The minimum absolute atomic E-state index is 0. The second kappa shape index (κ2) is 8.14. The van der Waals surface area contributed by atoms with Crippen LogP contribution in [0.4, 0.5) is 0 Å². The summed E-state index contributed by atoms with van der Waals surface area (Å²) < 4.78 is 11.0. The first-order chi connectivity index (χ1) is 15.9. The number of likely N-dealkylation sites (tertiary alicyclic amines) is 1. The summed E-state index contributed by atoms with van der Waals surface area (Å²) in [5, 5.41) is 26.0. The van der Waals surface area contributed by atoms with Gasteiger partial charge >= 0.3 is 5.97 Å². The summed E-state index contributed by atoms with van der Waals surface area (Å²) in [5.41, 5.74) is 0.390. The summed E-state index contributed by atoms with van der Waals surface area (Å²) >= 11 is 0. The molecule has 3 aliphatic carbocycles. The van der Waals surface area contributed by atoms with E-state index in [-0.39, 0.29) is 30.2 Å². The van der Waals surface area contributed by atoms with E-state index >= 15 is 0 Å². The fourth-order valence-corrected chi connectivity index (χ4v) is 7.07. The molecule has 8 nitrogen and oxygen atoms in total. The molecule has 1 spiro atoms. The number of ether oxygens (including phenoxy) is 2. The lowest BCUT2D eigenvalue weighted by molar-refractivity contribution is -0.192. The molecular weight excluding hydrogens is 460 g/mol. The summed E-state index contributed by atoms with van der Waals surface area (Å²) in [4.78, 5) is 26.4. The maximum atomic E-state index is 12.6. The third kappa shape index (κ3) is 3.18. The third-order valence-corrected chi connectivity index (χ3v) is 8.66. The number of esters is 1. The van der Waals surface area contributed by atoms with Crippen LogP contribution in [-0.4, -0.2) is 71.0 Å². The Morgan fingerprint density at radius 3 is 2.79 bits per heavy atom. The maximum absolute atomic E-state index is 12.6. The van der Waals surface area contributed by atoms with Gasteiger partial charge in [-0.3, -0.25) is 9.69 Å². The lowest BCUT2D eigenvalue weighted by Gasteiger charge is -2.64. The zero-order valence-corrected chi connectivity index (χ0v) is 20.0. The minimum Gasteiger partial charge on any atom is -0.504 e. The van der Waals surface area contributed by atoms with E-state index in [0.717, 1.165) is 48.7 Å².